The summed E-state index contributed by atoms with van der Waals surface area (Å²) in [6.07, 6.45) is 0. The number of rotatable bonds is 9. The molecule has 7 heteroatoms. The molecular weight excluding hydrogens is 385 g/mol. The summed E-state index contributed by atoms with van der Waals surface area (Å²) in [5.74, 6) is 0.365. The Kier molecular flexibility index (Phi) is 12.3. The van der Waals surface area contributed by atoms with Gasteiger partial charge in [0.15, 0.2) is 5.96 Å². The van der Waals surface area contributed by atoms with Crippen molar-refractivity contribution in [1.82, 2.24) is 0 Å². The van der Waals surface area contributed by atoms with Gasteiger partial charge in [0, 0.05) is 25.5 Å². The van der Waals surface area contributed by atoms with Crippen molar-refractivity contribution in [2.45, 2.75) is 6.61 Å². The van der Waals surface area contributed by atoms with E-state index in [1.807, 2.05) is 24.3 Å². The van der Waals surface area contributed by atoms with Crippen LogP contribution < -0.4 is 11.1 Å². The molecule has 21 heavy (non-hydrogen) atoms. The zero-order chi connectivity index (χ0) is 14.6. The summed E-state index contributed by atoms with van der Waals surface area (Å²) < 4.78 is 15.3. The van der Waals surface area contributed by atoms with Gasteiger partial charge in [-0.2, -0.15) is 0 Å². The molecule has 120 valence electrons. The molecular formula is C14H24IN3O3. The molecule has 0 amide bonds. The van der Waals surface area contributed by atoms with Crippen molar-refractivity contribution in [2.24, 2.45) is 10.7 Å². The van der Waals surface area contributed by atoms with Gasteiger partial charge in [-0.25, -0.2) is 0 Å². The van der Waals surface area contributed by atoms with Crippen LogP contribution in [0, 0.1) is 0 Å². The van der Waals surface area contributed by atoms with E-state index in [1.54, 1.807) is 14.2 Å². The molecule has 0 unspecified atom stereocenters. The van der Waals surface area contributed by atoms with Crippen LogP contribution in [0.4, 0.5) is 5.69 Å². The molecule has 0 aliphatic heterocycles. The topological polar surface area (TPSA) is 78.1 Å². The van der Waals surface area contributed by atoms with Gasteiger partial charge in [-0.15, -0.1) is 24.0 Å². The quantitative estimate of drug-likeness (QED) is 0.282. The number of nitrogens with one attached hydrogen (secondary N) is 1. The molecule has 3 N–H and O–H groups in total. The van der Waals surface area contributed by atoms with E-state index in [0.717, 1.165) is 11.3 Å². The fourth-order valence-corrected chi connectivity index (χ4v) is 1.58. The molecule has 0 aromatic heterocycles. The Hall–Kier alpha value is -0.900. The number of halogens is 1. The first-order valence-electron chi connectivity index (χ1n) is 6.48. The number of methoxy groups -OCH3 is 2. The van der Waals surface area contributed by atoms with Crippen molar-refractivity contribution in [3.8, 4) is 0 Å². The smallest absolute Gasteiger partial charge is 0.193 e. The SMILES string of the molecule is COCCOCCN=C(N)Nc1ccccc1COC.I. The second-order valence-electron chi connectivity index (χ2n) is 4.09. The fourth-order valence-electron chi connectivity index (χ4n) is 1.58. The molecule has 0 aliphatic rings. The lowest BCUT2D eigenvalue weighted by atomic mass is 10.2. The highest BCUT2D eigenvalue weighted by atomic mass is 127. The average molecular weight is 409 g/mol. The lowest BCUT2D eigenvalue weighted by Gasteiger charge is -2.10. The maximum atomic E-state index is 5.83. The summed E-state index contributed by atoms with van der Waals surface area (Å²) in [7, 11) is 3.30. The normalized spacial score (nSPS) is 11.0. The number of hydrogen-bond acceptors (Lipinski definition) is 4. The molecule has 1 aromatic carbocycles. The van der Waals surface area contributed by atoms with E-state index in [1.165, 1.54) is 0 Å². The highest BCUT2D eigenvalue weighted by Gasteiger charge is 2.02. The number of ether oxygens (including phenoxy) is 3. The number of anilines is 1. The predicted octanol–water partition coefficient (Wildman–Crippen LogP) is 1.84. The Morgan fingerprint density at radius 2 is 1.90 bits per heavy atom. The molecule has 0 atom stereocenters. The van der Waals surface area contributed by atoms with Crippen molar-refractivity contribution >= 4 is 35.6 Å². The third-order valence-electron chi connectivity index (χ3n) is 2.53. The lowest BCUT2D eigenvalue weighted by molar-refractivity contribution is 0.0748. The summed E-state index contributed by atoms with van der Waals surface area (Å²) >= 11 is 0. The Bertz CT molecular complexity index is 416. The standard InChI is InChI=1S/C14H23N3O3.HI/c1-18-9-10-20-8-7-16-14(15)17-13-6-4-3-5-12(13)11-19-2;/h3-6H,7-11H2,1-2H3,(H3,15,16,17);1H. The summed E-state index contributed by atoms with van der Waals surface area (Å²) in [5.41, 5.74) is 7.76. The zero-order valence-electron chi connectivity index (χ0n) is 12.5. The van der Waals surface area contributed by atoms with Crippen LogP contribution in [0.15, 0.2) is 29.3 Å². The summed E-state index contributed by atoms with van der Waals surface area (Å²) in [6, 6.07) is 7.80. The molecule has 0 radical (unpaired) electrons. The van der Waals surface area contributed by atoms with Crippen molar-refractivity contribution in [3.05, 3.63) is 29.8 Å². The van der Waals surface area contributed by atoms with Crippen LogP contribution in [0.5, 0.6) is 0 Å². The number of guanidine groups is 1. The number of aliphatic imine (C=N–C) groups is 1. The average Bonchev–Trinajstić information content (AvgIpc) is 2.45. The maximum absolute atomic E-state index is 5.83. The number of hydrogen-bond donors (Lipinski definition) is 2. The molecule has 0 bridgehead atoms. The Labute approximate surface area is 143 Å². The Morgan fingerprint density at radius 3 is 2.62 bits per heavy atom. The van der Waals surface area contributed by atoms with Crippen LogP contribution >= 0.6 is 24.0 Å². The molecule has 1 rings (SSSR count). The summed E-state index contributed by atoms with van der Waals surface area (Å²) in [5, 5.41) is 3.06. The second-order valence-corrected chi connectivity index (χ2v) is 4.09. The lowest BCUT2D eigenvalue weighted by Crippen LogP contribution is -2.24. The maximum Gasteiger partial charge on any atom is 0.193 e. The van der Waals surface area contributed by atoms with Gasteiger partial charge in [0.25, 0.3) is 0 Å². The van der Waals surface area contributed by atoms with Crippen LogP contribution in [0.25, 0.3) is 0 Å². The number of benzene rings is 1. The first-order chi connectivity index (χ1) is 9.77. The molecule has 0 saturated heterocycles. The molecule has 0 heterocycles. The van der Waals surface area contributed by atoms with E-state index in [2.05, 4.69) is 10.3 Å². The largest absolute Gasteiger partial charge is 0.382 e. The van der Waals surface area contributed by atoms with E-state index < -0.39 is 0 Å². The third kappa shape index (κ3) is 8.86. The minimum atomic E-state index is 0. The van der Waals surface area contributed by atoms with Gasteiger partial charge in [-0.3, -0.25) is 4.99 Å². The Balaban J connectivity index is 0.00000400. The van der Waals surface area contributed by atoms with E-state index in [4.69, 9.17) is 19.9 Å². The van der Waals surface area contributed by atoms with Gasteiger partial charge in [0.2, 0.25) is 0 Å². The molecule has 6 nitrogen and oxygen atoms in total. The molecule has 0 spiro atoms. The van der Waals surface area contributed by atoms with Crippen molar-refractivity contribution < 1.29 is 14.2 Å². The van der Waals surface area contributed by atoms with Crippen LogP contribution in [0.1, 0.15) is 5.56 Å². The van der Waals surface area contributed by atoms with E-state index in [-0.39, 0.29) is 24.0 Å². The van der Waals surface area contributed by atoms with Crippen LogP contribution in [0.3, 0.4) is 0 Å². The molecule has 1 aromatic rings. The van der Waals surface area contributed by atoms with E-state index >= 15 is 0 Å². The second kappa shape index (κ2) is 12.8. The van der Waals surface area contributed by atoms with Crippen molar-refractivity contribution in [3.63, 3.8) is 0 Å². The highest BCUT2D eigenvalue weighted by Crippen LogP contribution is 2.15. The third-order valence-corrected chi connectivity index (χ3v) is 2.53. The van der Waals surface area contributed by atoms with Gasteiger partial charge in [-0.05, 0) is 6.07 Å². The fraction of sp³-hybridized carbons (Fsp3) is 0.500. The molecule has 0 fully saturated rings. The summed E-state index contributed by atoms with van der Waals surface area (Å²) in [4.78, 5) is 4.20. The first-order valence-corrected chi connectivity index (χ1v) is 6.48. The van der Waals surface area contributed by atoms with Crippen LogP contribution in [0.2, 0.25) is 0 Å². The van der Waals surface area contributed by atoms with Gasteiger partial charge < -0.3 is 25.3 Å². The first kappa shape index (κ1) is 20.1. The van der Waals surface area contributed by atoms with Gasteiger partial charge in [0.05, 0.1) is 33.0 Å². The van der Waals surface area contributed by atoms with Crippen molar-refractivity contribution in [1.29, 1.82) is 0 Å². The number of nitrogens with zero attached hydrogens (tertiary/aromatic N) is 1. The van der Waals surface area contributed by atoms with E-state index in [9.17, 15) is 0 Å². The van der Waals surface area contributed by atoms with E-state index in [0.29, 0.717) is 38.9 Å². The van der Waals surface area contributed by atoms with Gasteiger partial charge in [-0.1, -0.05) is 18.2 Å². The van der Waals surface area contributed by atoms with Crippen LogP contribution in [-0.4, -0.2) is 46.5 Å². The van der Waals surface area contributed by atoms with Crippen molar-refractivity contribution in [2.75, 3.05) is 45.9 Å². The number of para-hydroxylation sites is 1. The predicted molar refractivity (Wildman–Crippen MR) is 95.4 cm³/mol. The Morgan fingerprint density at radius 1 is 1.14 bits per heavy atom. The highest BCUT2D eigenvalue weighted by molar-refractivity contribution is 14.0. The monoisotopic (exact) mass is 409 g/mol. The minimum absolute atomic E-state index is 0. The molecule has 0 aliphatic carbocycles. The minimum Gasteiger partial charge on any atom is -0.382 e. The molecule has 0 saturated carbocycles. The summed E-state index contributed by atoms with van der Waals surface area (Å²) in [6.45, 7) is 2.70. The zero-order valence-corrected chi connectivity index (χ0v) is 14.8. The number of nitrogens with two attached hydrogens (primary N) is 1. The van der Waals surface area contributed by atoms with Gasteiger partial charge >= 0.3 is 0 Å². The van der Waals surface area contributed by atoms with Gasteiger partial charge in [0.1, 0.15) is 0 Å². The van der Waals surface area contributed by atoms with Crippen LogP contribution in [-0.2, 0) is 20.8 Å².